The van der Waals surface area contributed by atoms with E-state index in [9.17, 15) is 4.79 Å². The number of benzene rings is 1. The summed E-state index contributed by atoms with van der Waals surface area (Å²) >= 11 is 5.94. The zero-order valence-electron chi connectivity index (χ0n) is 9.77. The maximum absolute atomic E-state index is 11.1. The quantitative estimate of drug-likeness (QED) is 0.907. The summed E-state index contributed by atoms with van der Waals surface area (Å²) in [4.78, 5) is 11.1. The van der Waals surface area contributed by atoms with Crippen LogP contribution in [0.2, 0.25) is 5.02 Å². The number of nitrogens with zero attached hydrogens (tertiary/aromatic N) is 1. The van der Waals surface area contributed by atoms with E-state index in [1.807, 2.05) is 35.8 Å². The smallest absolute Gasteiger partial charge is 0.312 e. The molecule has 0 aliphatic rings. The molecule has 2 aromatic rings. The Kier molecular flexibility index (Phi) is 3.11. The number of fused-ring (bicyclic) bond motifs is 1. The van der Waals surface area contributed by atoms with Gasteiger partial charge in [-0.25, -0.2) is 0 Å². The highest BCUT2D eigenvalue weighted by Crippen LogP contribution is 2.27. The molecule has 0 saturated carbocycles. The zero-order chi connectivity index (χ0) is 12.6. The van der Waals surface area contributed by atoms with Gasteiger partial charge in [0.25, 0.3) is 0 Å². The van der Waals surface area contributed by atoms with Crippen molar-refractivity contribution in [2.75, 3.05) is 0 Å². The Balaban J connectivity index is 2.67. The van der Waals surface area contributed by atoms with Crippen LogP contribution < -0.4 is 0 Å². The number of hydrogen-bond acceptors (Lipinski definition) is 1. The SMILES string of the molecule is CCn1c(C(C)C(=O)O)cc2cc(Cl)ccc21. The van der Waals surface area contributed by atoms with Gasteiger partial charge in [-0.3, -0.25) is 4.79 Å². The summed E-state index contributed by atoms with van der Waals surface area (Å²) in [6.45, 7) is 4.45. The van der Waals surface area contributed by atoms with Crippen LogP contribution in [0.3, 0.4) is 0 Å². The highest BCUT2D eigenvalue weighted by Gasteiger charge is 2.19. The molecule has 2 rings (SSSR count). The molecule has 0 bridgehead atoms. The van der Waals surface area contributed by atoms with Gasteiger partial charge in [0.2, 0.25) is 0 Å². The van der Waals surface area contributed by atoms with Gasteiger partial charge in [-0.15, -0.1) is 0 Å². The van der Waals surface area contributed by atoms with E-state index in [-0.39, 0.29) is 0 Å². The summed E-state index contributed by atoms with van der Waals surface area (Å²) in [6, 6.07) is 7.52. The highest BCUT2D eigenvalue weighted by molar-refractivity contribution is 6.31. The summed E-state index contributed by atoms with van der Waals surface area (Å²) in [7, 11) is 0. The van der Waals surface area contributed by atoms with Gasteiger partial charge in [0, 0.05) is 28.2 Å². The lowest BCUT2D eigenvalue weighted by Crippen LogP contribution is -2.12. The van der Waals surface area contributed by atoms with Crippen LogP contribution in [0.25, 0.3) is 10.9 Å². The van der Waals surface area contributed by atoms with Crippen molar-refractivity contribution < 1.29 is 9.90 Å². The second kappa shape index (κ2) is 4.41. The van der Waals surface area contributed by atoms with Gasteiger partial charge in [0.15, 0.2) is 0 Å². The summed E-state index contributed by atoms with van der Waals surface area (Å²) in [5.74, 6) is -1.32. The Bertz CT molecular complexity index is 574. The summed E-state index contributed by atoms with van der Waals surface area (Å²) in [5.41, 5.74) is 1.84. The van der Waals surface area contributed by atoms with Crippen molar-refractivity contribution in [3.8, 4) is 0 Å². The lowest BCUT2D eigenvalue weighted by atomic mass is 10.1. The Morgan fingerprint density at radius 1 is 1.47 bits per heavy atom. The number of carbonyl (C=O) groups is 1. The normalized spacial score (nSPS) is 12.9. The van der Waals surface area contributed by atoms with Crippen LogP contribution in [0.1, 0.15) is 25.5 Å². The first-order valence-corrected chi connectivity index (χ1v) is 5.94. The molecule has 4 heteroatoms. The highest BCUT2D eigenvalue weighted by atomic mass is 35.5. The fourth-order valence-corrected chi connectivity index (χ4v) is 2.28. The van der Waals surface area contributed by atoms with E-state index < -0.39 is 11.9 Å². The maximum Gasteiger partial charge on any atom is 0.312 e. The Morgan fingerprint density at radius 2 is 2.18 bits per heavy atom. The Labute approximate surface area is 105 Å². The van der Waals surface area contributed by atoms with Gasteiger partial charge in [0.05, 0.1) is 5.92 Å². The third-order valence-corrected chi connectivity index (χ3v) is 3.26. The molecular weight excluding hydrogens is 238 g/mol. The lowest BCUT2D eigenvalue weighted by molar-refractivity contribution is -0.138. The van der Waals surface area contributed by atoms with Crippen molar-refractivity contribution in [3.05, 3.63) is 35.0 Å². The van der Waals surface area contributed by atoms with Gasteiger partial charge in [-0.05, 0) is 38.1 Å². The first-order valence-electron chi connectivity index (χ1n) is 5.56. The van der Waals surface area contributed by atoms with E-state index in [4.69, 9.17) is 16.7 Å². The first kappa shape index (κ1) is 12.0. The minimum atomic E-state index is -0.811. The molecule has 1 unspecified atom stereocenters. The standard InChI is InChI=1S/C13H14ClNO2/c1-3-15-11-5-4-10(14)6-9(11)7-12(15)8(2)13(16)17/h4-8H,3H2,1-2H3,(H,16,17). The number of aliphatic carboxylic acids is 1. The number of carboxylic acids is 1. The molecule has 1 heterocycles. The second-order valence-electron chi connectivity index (χ2n) is 4.08. The van der Waals surface area contributed by atoms with Crippen LogP contribution in [-0.2, 0) is 11.3 Å². The van der Waals surface area contributed by atoms with Crippen LogP contribution >= 0.6 is 11.6 Å². The number of carboxylic acid groups (broad SMARTS) is 1. The van der Waals surface area contributed by atoms with Gasteiger partial charge in [-0.1, -0.05) is 11.6 Å². The summed E-state index contributed by atoms with van der Waals surface area (Å²) in [6.07, 6.45) is 0. The molecule has 0 spiro atoms. The minimum Gasteiger partial charge on any atom is -0.481 e. The number of halogens is 1. The van der Waals surface area contributed by atoms with Gasteiger partial charge < -0.3 is 9.67 Å². The van der Waals surface area contributed by atoms with Crippen LogP contribution in [0.15, 0.2) is 24.3 Å². The van der Waals surface area contributed by atoms with Crippen molar-refractivity contribution in [2.45, 2.75) is 26.3 Å². The largest absolute Gasteiger partial charge is 0.481 e. The number of aromatic nitrogens is 1. The van der Waals surface area contributed by atoms with Crippen molar-refractivity contribution in [3.63, 3.8) is 0 Å². The van der Waals surface area contributed by atoms with Crippen molar-refractivity contribution in [1.29, 1.82) is 0 Å². The monoisotopic (exact) mass is 251 g/mol. The number of hydrogen-bond donors (Lipinski definition) is 1. The Hall–Kier alpha value is -1.48. The predicted molar refractivity (Wildman–Crippen MR) is 68.7 cm³/mol. The third-order valence-electron chi connectivity index (χ3n) is 3.03. The average molecular weight is 252 g/mol. The molecule has 1 N–H and O–H groups in total. The van der Waals surface area contributed by atoms with Crippen LogP contribution in [-0.4, -0.2) is 15.6 Å². The molecule has 0 radical (unpaired) electrons. The third kappa shape index (κ3) is 2.03. The second-order valence-corrected chi connectivity index (χ2v) is 4.51. The van der Waals surface area contributed by atoms with E-state index in [0.29, 0.717) is 5.02 Å². The van der Waals surface area contributed by atoms with E-state index in [2.05, 4.69) is 0 Å². The molecule has 1 aromatic heterocycles. The average Bonchev–Trinajstić information content (AvgIpc) is 2.64. The molecule has 0 saturated heterocycles. The molecule has 3 nitrogen and oxygen atoms in total. The number of aryl methyl sites for hydroxylation is 1. The van der Waals surface area contributed by atoms with E-state index in [1.165, 1.54) is 0 Å². The van der Waals surface area contributed by atoms with Crippen molar-refractivity contribution in [2.24, 2.45) is 0 Å². The molecule has 90 valence electrons. The molecule has 0 amide bonds. The van der Waals surface area contributed by atoms with Crippen LogP contribution in [0, 0.1) is 0 Å². The van der Waals surface area contributed by atoms with E-state index >= 15 is 0 Å². The topological polar surface area (TPSA) is 42.2 Å². The first-order chi connectivity index (χ1) is 8.04. The Morgan fingerprint density at radius 3 is 2.76 bits per heavy atom. The molecule has 0 aliphatic carbocycles. The lowest BCUT2D eigenvalue weighted by Gasteiger charge is -2.11. The fourth-order valence-electron chi connectivity index (χ4n) is 2.10. The molecular formula is C13H14ClNO2. The molecule has 0 aliphatic heterocycles. The van der Waals surface area contributed by atoms with E-state index in [1.54, 1.807) is 6.92 Å². The van der Waals surface area contributed by atoms with Crippen LogP contribution in [0.5, 0.6) is 0 Å². The van der Waals surface area contributed by atoms with Gasteiger partial charge in [-0.2, -0.15) is 0 Å². The molecule has 1 aromatic carbocycles. The summed E-state index contributed by atoms with van der Waals surface area (Å²) in [5, 5.41) is 10.8. The van der Waals surface area contributed by atoms with Gasteiger partial charge >= 0.3 is 5.97 Å². The predicted octanol–water partition coefficient (Wildman–Crippen LogP) is 3.50. The van der Waals surface area contributed by atoms with E-state index in [0.717, 1.165) is 23.1 Å². The molecule has 0 fully saturated rings. The number of rotatable bonds is 3. The van der Waals surface area contributed by atoms with Crippen molar-refractivity contribution in [1.82, 2.24) is 4.57 Å². The maximum atomic E-state index is 11.1. The zero-order valence-corrected chi connectivity index (χ0v) is 10.5. The summed E-state index contributed by atoms with van der Waals surface area (Å²) < 4.78 is 2.02. The van der Waals surface area contributed by atoms with Crippen molar-refractivity contribution >= 4 is 28.5 Å². The van der Waals surface area contributed by atoms with Gasteiger partial charge in [0.1, 0.15) is 0 Å². The fraction of sp³-hybridized carbons (Fsp3) is 0.308. The minimum absolute atomic E-state index is 0.513. The molecule has 17 heavy (non-hydrogen) atoms. The molecule has 1 atom stereocenters. The van der Waals surface area contributed by atoms with Crippen LogP contribution in [0.4, 0.5) is 0 Å².